The standard InChI is InChI=1S/C26H24N4O5S/c1-34-20-13-11-19(12-14-20)29-23(31)16-22(25(33)27-18-9-6-10-21(15-18)35-2)30(26(29)36)28-24(32)17-7-4-3-5-8-17/h3-15,22H,16H2,1-2H3,(H,27,33)(H,28,32)/t22-/m1/s1. The van der Waals surface area contributed by atoms with Gasteiger partial charge in [-0.1, -0.05) is 24.3 Å². The van der Waals surface area contributed by atoms with E-state index in [4.69, 9.17) is 21.7 Å². The molecule has 3 amide bonds. The van der Waals surface area contributed by atoms with E-state index in [1.54, 1.807) is 78.9 Å². The monoisotopic (exact) mass is 504 g/mol. The molecule has 0 aromatic heterocycles. The van der Waals surface area contributed by atoms with Crippen molar-refractivity contribution in [1.82, 2.24) is 10.4 Å². The fraction of sp³-hybridized carbons (Fsp3) is 0.154. The molecule has 1 heterocycles. The first-order chi connectivity index (χ1) is 17.4. The lowest BCUT2D eigenvalue weighted by atomic mass is 10.1. The molecule has 1 saturated heterocycles. The van der Waals surface area contributed by atoms with Crippen molar-refractivity contribution < 1.29 is 23.9 Å². The number of thiocarbonyl (C=S) groups is 1. The van der Waals surface area contributed by atoms with Crippen LogP contribution < -0.4 is 25.1 Å². The highest BCUT2D eigenvalue weighted by Crippen LogP contribution is 2.27. The van der Waals surface area contributed by atoms with Gasteiger partial charge >= 0.3 is 0 Å². The average Bonchev–Trinajstić information content (AvgIpc) is 2.91. The van der Waals surface area contributed by atoms with Gasteiger partial charge in [-0.2, -0.15) is 0 Å². The summed E-state index contributed by atoms with van der Waals surface area (Å²) in [4.78, 5) is 40.8. The predicted molar refractivity (Wildman–Crippen MR) is 139 cm³/mol. The molecule has 9 nitrogen and oxygen atoms in total. The predicted octanol–water partition coefficient (Wildman–Crippen LogP) is 3.38. The fourth-order valence-electron chi connectivity index (χ4n) is 3.71. The second-order valence-electron chi connectivity index (χ2n) is 7.83. The number of nitrogens with one attached hydrogen (secondary N) is 2. The molecule has 0 bridgehead atoms. The molecule has 36 heavy (non-hydrogen) atoms. The Labute approximate surface area is 213 Å². The van der Waals surface area contributed by atoms with Gasteiger partial charge in [-0.15, -0.1) is 0 Å². The molecule has 0 saturated carbocycles. The van der Waals surface area contributed by atoms with Crippen LogP contribution in [-0.2, 0) is 9.59 Å². The van der Waals surface area contributed by atoms with Crippen molar-refractivity contribution in [1.29, 1.82) is 0 Å². The van der Waals surface area contributed by atoms with Gasteiger partial charge in [-0.25, -0.2) is 5.01 Å². The molecule has 184 valence electrons. The molecule has 0 radical (unpaired) electrons. The average molecular weight is 505 g/mol. The fourth-order valence-corrected chi connectivity index (χ4v) is 4.09. The molecule has 4 rings (SSSR count). The summed E-state index contributed by atoms with van der Waals surface area (Å²) in [7, 11) is 3.06. The van der Waals surface area contributed by atoms with Gasteiger partial charge in [0.25, 0.3) is 5.91 Å². The molecule has 2 N–H and O–H groups in total. The summed E-state index contributed by atoms with van der Waals surface area (Å²) >= 11 is 5.62. The number of ether oxygens (including phenoxy) is 2. The van der Waals surface area contributed by atoms with Crippen LogP contribution in [-0.4, -0.2) is 48.1 Å². The van der Waals surface area contributed by atoms with Crippen molar-refractivity contribution in [2.45, 2.75) is 12.5 Å². The first kappa shape index (κ1) is 24.7. The maximum absolute atomic E-state index is 13.3. The van der Waals surface area contributed by atoms with Crippen molar-refractivity contribution in [2.24, 2.45) is 0 Å². The topological polar surface area (TPSA) is 100 Å². The molecule has 3 aromatic rings. The Balaban J connectivity index is 1.64. The van der Waals surface area contributed by atoms with Crippen LogP contribution in [0.3, 0.4) is 0 Å². The number of rotatable bonds is 7. The van der Waals surface area contributed by atoms with Crippen LogP contribution in [0.25, 0.3) is 0 Å². The Bertz CT molecular complexity index is 1280. The number of methoxy groups -OCH3 is 2. The van der Waals surface area contributed by atoms with Gasteiger partial charge in [-0.3, -0.25) is 24.7 Å². The van der Waals surface area contributed by atoms with Crippen LogP contribution in [0, 0.1) is 0 Å². The van der Waals surface area contributed by atoms with E-state index in [1.165, 1.54) is 24.1 Å². The number of benzene rings is 3. The van der Waals surface area contributed by atoms with Crippen LogP contribution in [0.1, 0.15) is 16.8 Å². The summed E-state index contributed by atoms with van der Waals surface area (Å²) in [6.45, 7) is 0. The van der Waals surface area contributed by atoms with Gasteiger partial charge in [0, 0.05) is 17.3 Å². The summed E-state index contributed by atoms with van der Waals surface area (Å²) in [5.41, 5.74) is 4.05. The lowest BCUT2D eigenvalue weighted by Crippen LogP contribution is -2.65. The molecule has 0 unspecified atom stereocenters. The molecule has 1 fully saturated rings. The Morgan fingerprint density at radius 1 is 0.917 bits per heavy atom. The van der Waals surface area contributed by atoms with E-state index in [-0.39, 0.29) is 17.4 Å². The van der Waals surface area contributed by atoms with E-state index in [9.17, 15) is 14.4 Å². The van der Waals surface area contributed by atoms with Crippen molar-refractivity contribution >= 4 is 46.4 Å². The second kappa shape index (κ2) is 10.9. The smallest absolute Gasteiger partial charge is 0.269 e. The third-order valence-electron chi connectivity index (χ3n) is 5.55. The number of hydrazine groups is 1. The molecule has 0 aliphatic carbocycles. The Morgan fingerprint density at radius 3 is 2.28 bits per heavy atom. The van der Waals surface area contributed by atoms with E-state index in [2.05, 4.69) is 10.7 Å². The minimum absolute atomic E-state index is 0.0357. The van der Waals surface area contributed by atoms with Crippen molar-refractivity contribution in [3.8, 4) is 11.5 Å². The number of nitrogens with zero attached hydrogens (tertiary/aromatic N) is 2. The lowest BCUT2D eigenvalue weighted by molar-refractivity contribution is -0.127. The minimum Gasteiger partial charge on any atom is -0.497 e. The van der Waals surface area contributed by atoms with Crippen molar-refractivity contribution in [3.63, 3.8) is 0 Å². The molecular weight excluding hydrogens is 480 g/mol. The lowest BCUT2D eigenvalue weighted by Gasteiger charge is -2.41. The Morgan fingerprint density at radius 2 is 1.61 bits per heavy atom. The molecule has 1 aliphatic rings. The van der Waals surface area contributed by atoms with Gasteiger partial charge in [0.1, 0.15) is 17.5 Å². The van der Waals surface area contributed by atoms with Crippen LogP contribution in [0.2, 0.25) is 0 Å². The third-order valence-corrected chi connectivity index (χ3v) is 5.93. The summed E-state index contributed by atoms with van der Waals surface area (Å²) in [5.74, 6) is -0.203. The molecular formula is C26H24N4O5S. The van der Waals surface area contributed by atoms with Gasteiger partial charge in [-0.05, 0) is 60.7 Å². The number of hydrogen-bond acceptors (Lipinski definition) is 6. The zero-order chi connectivity index (χ0) is 25.7. The van der Waals surface area contributed by atoms with E-state index in [0.29, 0.717) is 28.4 Å². The Hall–Kier alpha value is -4.44. The number of hydrogen-bond donors (Lipinski definition) is 2. The van der Waals surface area contributed by atoms with Crippen LogP contribution in [0.15, 0.2) is 78.9 Å². The van der Waals surface area contributed by atoms with Crippen molar-refractivity contribution in [2.75, 3.05) is 24.4 Å². The van der Waals surface area contributed by atoms with Crippen molar-refractivity contribution in [3.05, 3.63) is 84.4 Å². The molecule has 1 aliphatic heterocycles. The van der Waals surface area contributed by atoms with Gasteiger partial charge in [0.2, 0.25) is 16.9 Å². The minimum atomic E-state index is -1.08. The molecule has 10 heteroatoms. The summed E-state index contributed by atoms with van der Waals surface area (Å²) in [6, 6.07) is 21.0. The maximum Gasteiger partial charge on any atom is 0.269 e. The zero-order valence-corrected chi connectivity index (χ0v) is 20.5. The number of carbonyl (C=O) groups excluding carboxylic acids is 3. The van der Waals surface area contributed by atoms with E-state index in [1.807, 2.05) is 0 Å². The number of anilines is 2. The van der Waals surface area contributed by atoms with Crippen LogP contribution >= 0.6 is 12.2 Å². The van der Waals surface area contributed by atoms with Gasteiger partial charge < -0.3 is 14.8 Å². The summed E-state index contributed by atoms with van der Waals surface area (Å²) < 4.78 is 10.4. The highest BCUT2D eigenvalue weighted by Gasteiger charge is 2.42. The molecule has 3 aromatic carbocycles. The summed E-state index contributed by atoms with van der Waals surface area (Å²) in [6.07, 6.45) is -0.225. The summed E-state index contributed by atoms with van der Waals surface area (Å²) in [5, 5.41) is 4.00. The van der Waals surface area contributed by atoms with Crippen LogP contribution in [0.4, 0.5) is 11.4 Å². The number of carbonyl (C=O) groups is 3. The van der Waals surface area contributed by atoms with E-state index in [0.717, 1.165) is 0 Å². The Kier molecular flexibility index (Phi) is 7.45. The largest absolute Gasteiger partial charge is 0.497 e. The molecule has 1 atom stereocenters. The maximum atomic E-state index is 13.3. The highest BCUT2D eigenvalue weighted by molar-refractivity contribution is 7.80. The third kappa shape index (κ3) is 5.28. The van der Waals surface area contributed by atoms with E-state index >= 15 is 0 Å². The van der Waals surface area contributed by atoms with E-state index < -0.39 is 17.9 Å². The SMILES string of the molecule is COc1ccc(N2C(=O)C[C@H](C(=O)Nc3cccc(OC)c3)N(NC(=O)c3ccccc3)C2=S)cc1. The van der Waals surface area contributed by atoms with Crippen LogP contribution in [0.5, 0.6) is 11.5 Å². The van der Waals surface area contributed by atoms with Gasteiger partial charge in [0.15, 0.2) is 0 Å². The normalized spacial score (nSPS) is 15.3. The quantitative estimate of drug-likeness (QED) is 0.476. The second-order valence-corrected chi connectivity index (χ2v) is 8.19. The first-order valence-electron chi connectivity index (χ1n) is 11.0. The zero-order valence-electron chi connectivity index (χ0n) is 19.6. The van der Waals surface area contributed by atoms with Gasteiger partial charge in [0.05, 0.1) is 26.3 Å². The number of amides is 3. The first-order valence-corrected chi connectivity index (χ1v) is 11.4. The highest BCUT2D eigenvalue weighted by atomic mass is 32.1. The molecule has 0 spiro atoms.